The van der Waals surface area contributed by atoms with Gasteiger partial charge in [0.1, 0.15) is 11.4 Å². The lowest BCUT2D eigenvalue weighted by Gasteiger charge is -2.24. The van der Waals surface area contributed by atoms with Gasteiger partial charge < -0.3 is 0 Å². The van der Waals surface area contributed by atoms with Crippen LogP contribution < -0.4 is 9.13 Å². The average molecular weight is 899 g/mol. The molecular weight excluding hydrogens is 849 g/mol. The molecule has 0 unspecified atom stereocenters. The summed E-state index contributed by atoms with van der Waals surface area (Å²) in [5.41, 5.74) is 20.2. The molecule has 4 nitrogen and oxygen atoms in total. The molecule has 0 saturated heterocycles. The fourth-order valence-corrected chi connectivity index (χ4v) is 13.5. The van der Waals surface area contributed by atoms with Gasteiger partial charge >= 0.3 is 0 Å². The van der Waals surface area contributed by atoms with Crippen molar-refractivity contribution in [1.29, 1.82) is 0 Å². The van der Waals surface area contributed by atoms with Crippen LogP contribution in [0.25, 0.3) is 122 Å². The largest absolute Gasteiger partial charge is 0.295 e. The topological polar surface area (TPSA) is 17.6 Å². The molecule has 2 aliphatic rings. The molecule has 0 bridgehead atoms. The Balaban J connectivity index is 1.09. The minimum atomic E-state index is -0.216. The number of benzene rings is 11. The van der Waals surface area contributed by atoms with Crippen LogP contribution in [-0.2, 0) is 24.9 Å². The highest BCUT2D eigenvalue weighted by Crippen LogP contribution is 2.60. The van der Waals surface area contributed by atoms with Crippen molar-refractivity contribution in [3.63, 3.8) is 0 Å². The molecule has 332 valence electrons. The highest BCUT2D eigenvalue weighted by atomic mass is 15.2. The van der Waals surface area contributed by atoms with Gasteiger partial charge in [-0.05, 0) is 160 Å². The zero-order valence-electron chi connectivity index (χ0n) is 40.3. The van der Waals surface area contributed by atoms with E-state index in [-0.39, 0.29) is 10.8 Å². The van der Waals surface area contributed by atoms with E-state index in [9.17, 15) is 0 Å². The summed E-state index contributed by atoms with van der Waals surface area (Å²) in [6.45, 7) is 9.76. The number of rotatable bonds is 4. The van der Waals surface area contributed by atoms with Gasteiger partial charge in [-0.3, -0.25) is 0 Å². The number of fused-ring (bicyclic) bond motifs is 11. The zero-order valence-corrected chi connectivity index (χ0v) is 40.3. The molecule has 0 amide bonds. The summed E-state index contributed by atoms with van der Waals surface area (Å²) < 4.78 is 9.76. The molecule has 2 aromatic heterocycles. The van der Waals surface area contributed by atoms with Gasteiger partial charge in [0.25, 0.3) is 11.6 Å². The normalized spacial score (nSPS) is 14.4. The van der Waals surface area contributed by atoms with Gasteiger partial charge in [0.05, 0.1) is 25.2 Å². The number of hydrogen-bond acceptors (Lipinski definition) is 0. The number of nitrogens with zero attached hydrogens (tertiary/aromatic N) is 4. The van der Waals surface area contributed by atoms with Crippen LogP contribution in [0, 0.1) is 0 Å². The third-order valence-electron chi connectivity index (χ3n) is 16.8. The van der Waals surface area contributed by atoms with Crippen molar-refractivity contribution in [3.05, 3.63) is 216 Å². The molecule has 0 N–H and O–H groups in total. The van der Waals surface area contributed by atoms with Gasteiger partial charge in [0.15, 0.2) is 22.1 Å². The Morgan fingerprint density at radius 2 is 0.814 bits per heavy atom. The van der Waals surface area contributed by atoms with Gasteiger partial charge in [0.2, 0.25) is 0 Å². The molecule has 11 aromatic carbocycles. The van der Waals surface area contributed by atoms with Crippen molar-refractivity contribution in [2.24, 2.45) is 14.1 Å². The number of imidazole rings is 2. The second kappa shape index (κ2) is 13.7. The van der Waals surface area contributed by atoms with Crippen molar-refractivity contribution in [2.75, 3.05) is 0 Å². The maximum absolute atomic E-state index is 2.59. The van der Waals surface area contributed by atoms with Gasteiger partial charge in [0, 0.05) is 10.8 Å². The fraction of sp³-hybridized carbons (Fsp3) is 0.121. The van der Waals surface area contributed by atoms with Gasteiger partial charge in [-0.1, -0.05) is 149 Å². The predicted octanol–water partition coefficient (Wildman–Crippen LogP) is 15.2. The van der Waals surface area contributed by atoms with E-state index < -0.39 is 0 Å². The maximum atomic E-state index is 2.59. The summed E-state index contributed by atoms with van der Waals surface area (Å²) in [7, 11) is 4.48. The summed E-state index contributed by atoms with van der Waals surface area (Å²) in [4.78, 5) is 0. The first-order valence-corrected chi connectivity index (χ1v) is 24.7. The van der Waals surface area contributed by atoms with E-state index in [0.29, 0.717) is 0 Å². The van der Waals surface area contributed by atoms with Crippen molar-refractivity contribution in [2.45, 2.75) is 38.5 Å². The van der Waals surface area contributed by atoms with E-state index in [1.165, 1.54) is 121 Å². The van der Waals surface area contributed by atoms with Crippen molar-refractivity contribution in [1.82, 2.24) is 9.13 Å². The first kappa shape index (κ1) is 39.6. The van der Waals surface area contributed by atoms with Crippen LogP contribution in [-0.4, -0.2) is 9.13 Å². The SMILES string of the molecule is C[n+]1c(-c2cc(-c3n(-c4ccccc4)c4ccccc4[n+]3C)c3ccc4c5c(cc6ccc2c3c64)C(C)(C)c2cc3c(cc2-5)C(C)(C)c2ccc4ccccc4c2-3)n(-c2ccccc2)c2ccccc21. The molecule has 0 saturated carbocycles. The third kappa shape index (κ3) is 4.95. The molecule has 70 heavy (non-hydrogen) atoms. The van der Waals surface area contributed by atoms with Crippen LogP contribution in [0.3, 0.4) is 0 Å². The molecule has 13 aromatic rings. The predicted molar refractivity (Wildman–Crippen MR) is 290 cm³/mol. The number of hydrogen-bond donors (Lipinski definition) is 0. The molecule has 0 aliphatic heterocycles. The monoisotopic (exact) mass is 898 g/mol. The van der Waals surface area contributed by atoms with Gasteiger partial charge in [-0.15, -0.1) is 0 Å². The van der Waals surface area contributed by atoms with Crippen LogP contribution in [0.1, 0.15) is 49.9 Å². The Morgan fingerprint density at radius 1 is 0.343 bits per heavy atom. The van der Waals surface area contributed by atoms with Crippen LogP contribution >= 0.6 is 0 Å². The van der Waals surface area contributed by atoms with Crippen molar-refractivity contribution >= 4 is 65.2 Å². The minimum absolute atomic E-state index is 0.149. The Bertz CT molecular complexity index is 4270. The van der Waals surface area contributed by atoms with E-state index in [0.717, 1.165) is 23.0 Å². The molecular formula is C66H50N4+2. The maximum Gasteiger partial charge on any atom is 0.295 e. The highest BCUT2D eigenvalue weighted by Gasteiger charge is 2.43. The van der Waals surface area contributed by atoms with Crippen LogP contribution in [0.4, 0.5) is 0 Å². The molecule has 0 spiro atoms. The highest BCUT2D eigenvalue weighted by molar-refractivity contribution is 6.30. The average Bonchev–Trinajstić information content (AvgIpc) is 4.02. The first-order chi connectivity index (χ1) is 34.1. The van der Waals surface area contributed by atoms with Crippen LogP contribution in [0.15, 0.2) is 194 Å². The Hall–Kier alpha value is -8.34. The summed E-state index contributed by atoms with van der Waals surface area (Å²) in [5, 5.41) is 10.3. The van der Waals surface area contributed by atoms with Crippen molar-refractivity contribution in [3.8, 4) is 56.4 Å². The van der Waals surface area contributed by atoms with Crippen LogP contribution in [0.5, 0.6) is 0 Å². The first-order valence-electron chi connectivity index (χ1n) is 24.7. The minimum Gasteiger partial charge on any atom is -0.225 e. The van der Waals surface area contributed by atoms with E-state index in [1.807, 2.05) is 0 Å². The molecule has 2 aliphatic carbocycles. The summed E-state index contributed by atoms with van der Waals surface area (Å²) >= 11 is 0. The summed E-state index contributed by atoms with van der Waals surface area (Å²) in [5.74, 6) is 2.27. The number of aromatic nitrogens is 4. The van der Waals surface area contributed by atoms with Gasteiger partial charge in [-0.25, -0.2) is 9.13 Å². The van der Waals surface area contributed by atoms with E-state index in [2.05, 4.69) is 254 Å². The Kier molecular flexibility index (Phi) is 7.74. The molecule has 4 heteroatoms. The quantitative estimate of drug-likeness (QED) is 0.124. The molecule has 0 atom stereocenters. The smallest absolute Gasteiger partial charge is 0.225 e. The number of para-hydroxylation sites is 6. The number of aryl methyl sites for hydroxylation is 2. The molecule has 2 heterocycles. The van der Waals surface area contributed by atoms with Crippen molar-refractivity contribution < 1.29 is 9.13 Å². The standard InChI is InChI=1S/C66H50N4/c1-65(2)51-34-30-39-19-13-14-24-43(39)60(51)49-37-53-50(38-52(49)65)61-46-33-32-45-48(64-68(6)56-26-16-18-28-58(56)70(64)42-22-11-8-12-23-42)36-47(44-31-29-40(59(46)62(44)45)35-54(61)66(53,3)4)63-67(5)55-25-15-17-27-57(55)69(63)41-20-9-7-10-21-41/h7-38H,1-6H3/q+2. The lowest BCUT2D eigenvalue weighted by atomic mass is 9.79. The van der Waals surface area contributed by atoms with E-state index in [1.54, 1.807) is 0 Å². The summed E-state index contributed by atoms with van der Waals surface area (Å²) in [6, 6.07) is 73.1. The summed E-state index contributed by atoms with van der Waals surface area (Å²) in [6.07, 6.45) is 0. The molecule has 0 radical (unpaired) electrons. The zero-order chi connectivity index (χ0) is 46.9. The molecule has 15 rings (SSSR count). The van der Waals surface area contributed by atoms with E-state index >= 15 is 0 Å². The lowest BCUT2D eigenvalue weighted by Crippen LogP contribution is -2.31. The fourth-order valence-electron chi connectivity index (χ4n) is 13.5. The second-order valence-electron chi connectivity index (χ2n) is 21.0. The lowest BCUT2D eigenvalue weighted by molar-refractivity contribution is -0.633. The third-order valence-corrected chi connectivity index (χ3v) is 16.8. The van der Waals surface area contributed by atoms with E-state index in [4.69, 9.17) is 0 Å². The van der Waals surface area contributed by atoms with Crippen LogP contribution in [0.2, 0.25) is 0 Å². The second-order valence-corrected chi connectivity index (χ2v) is 21.0. The molecule has 0 fully saturated rings. The van der Waals surface area contributed by atoms with Gasteiger partial charge in [-0.2, -0.15) is 9.13 Å². The Labute approximate surface area is 406 Å². The Morgan fingerprint density at radius 3 is 1.41 bits per heavy atom.